The molecule has 1 heterocycles. The van der Waals surface area contributed by atoms with Gasteiger partial charge >= 0.3 is 0 Å². The fourth-order valence-electron chi connectivity index (χ4n) is 2.08. The minimum absolute atomic E-state index is 0.171. The van der Waals surface area contributed by atoms with E-state index in [1.807, 2.05) is 19.9 Å². The molecule has 17 heavy (non-hydrogen) atoms. The highest BCUT2D eigenvalue weighted by atomic mass is 16.5. The van der Waals surface area contributed by atoms with Crippen LogP contribution in [0.15, 0.2) is 6.07 Å². The van der Waals surface area contributed by atoms with Crippen LogP contribution in [0, 0.1) is 19.3 Å². The lowest BCUT2D eigenvalue weighted by molar-refractivity contribution is 0.112. The maximum atomic E-state index is 10.9. The van der Waals surface area contributed by atoms with Gasteiger partial charge in [-0.05, 0) is 31.7 Å². The number of hydrogen-bond acceptors (Lipinski definition) is 2. The summed E-state index contributed by atoms with van der Waals surface area (Å²) in [5.74, 6) is 0. The first-order valence-corrected chi connectivity index (χ1v) is 6.02. The molecule has 3 heteroatoms. The molecule has 0 amide bonds. The van der Waals surface area contributed by atoms with Gasteiger partial charge in [-0.2, -0.15) is 0 Å². The van der Waals surface area contributed by atoms with Crippen LogP contribution in [0.5, 0.6) is 0 Å². The quantitative estimate of drug-likeness (QED) is 0.712. The van der Waals surface area contributed by atoms with Crippen LogP contribution in [-0.2, 0) is 11.3 Å². The number of aryl methyl sites for hydroxylation is 1. The fourth-order valence-corrected chi connectivity index (χ4v) is 2.08. The average molecular weight is 237 g/mol. The van der Waals surface area contributed by atoms with Gasteiger partial charge in [0.1, 0.15) is 0 Å². The van der Waals surface area contributed by atoms with Gasteiger partial charge < -0.3 is 9.30 Å². The summed E-state index contributed by atoms with van der Waals surface area (Å²) in [6.07, 6.45) is 1.94. The normalized spacial score (nSPS) is 11.8. The standard InChI is InChI=1S/C14H23NO2/c1-11-8-13(9-16)12(2)15(11)10-14(3,4)6-7-17-5/h8-9H,6-7,10H2,1-5H3. The molecule has 0 atom stereocenters. The van der Waals surface area contributed by atoms with Gasteiger partial charge in [0.25, 0.3) is 0 Å². The molecule has 3 nitrogen and oxygen atoms in total. The number of carbonyl (C=O) groups is 1. The zero-order chi connectivity index (χ0) is 13.1. The molecular weight excluding hydrogens is 214 g/mol. The number of nitrogens with zero attached hydrogens (tertiary/aromatic N) is 1. The van der Waals surface area contributed by atoms with E-state index in [1.54, 1.807) is 7.11 Å². The van der Waals surface area contributed by atoms with Crippen molar-refractivity contribution in [3.8, 4) is 0 Å². The van der Waals surface area contributed by atoms with Crippen molar-refractivity contribution in [2.45, 2.75) is 40.7 Å². The Morgan fingerprint density at radius 3 is 2.53 bits per heavy atom. The van der Waals surface area contributed by atoms with Crippen molar-refractivity contribution in [3.05, 3.63) is 23.0 Å². The molecule has 0 unspecified atom stereocenters. The maximum Gasteiger partial charge on any atom is 0.151 e. The van der Waals surface area contributed by atoms with Gasteiger partial charge in [0.2, 0.25) is 0 Å². The third-order valence-electron chi connectivity index (χ3n) is 3.31. The molecule has 0 fully saturated rings. The fraction of sp³-hybridized carbons (Fsp3) is 0.643. The van der Waals surface area contributed by atoms with Gasteiger partial charge in [0.15, 0.2) is 6.29 Å². The Morgan fingerprint density at radius 2 is 2.06 bits per heavy atom. The second-order valence-electron chi connectivity index (χ2n) is 5.44. The summed E-state index contributed by atoms with van der Waals surface area (Å²) >= 11 is 0. The van der Waals surface area contributed by atoms with Gasteiger partial charge in [-0.25, -0.2) is 0 Å². The Hall–Kier alpha value is -1.09. The van der Waals surface area contributed by atoms with E-state index in [1.165, 1.54) is 0 Å². The average Bonchev–Trinajstić information content (AvgIpc) is 2.53. The van der Waals surface area contributed by atoms with Crippen LogP contribution in [0.1, 0.15) is 42.0 Å². The van der Waals surface area contributed by atoms with Crippen molar-refractivity contribution in [1.82, 2.24) is 4.57 Å². The summed E-state index contributed by atoms with van der Waals surface area (Å²) < 4.78 is 7.36. The van der Waals surface area contributed by atoms with E-state index < -0.39 is 0 Å². The van der Waals surface area contributed by atoms with E-state index in [2.05, 4.69) is 18.4 Å². The zero-order valence-electron chi connectivity index (χ0n) is 11.5. The molecule has 0 spiro atoms. The highest BCUT2D eigenvalue weighted by molar-refractivity contribution is 5.77. The van der Waals surface area contributed by atoms with E-state index in [9.17, 15) is 4.79 Å². The van der Waals surface area contributed by atoms with Crippen LogP contribution in [0.4, 0.5) is 0 Å². The van der Waals surface area contributed by atoms with Crippen molar-refractivity contribution in [3.63, 3.8) is 0 Å². The number of aldehydes is 1. The predicted molar refractivity (Wildman–Crippen MR) is 69.6 cm³/mol. The maximum absolute atomic E-state index is 10.9. The van der Waals surface area contributed by atoms with Gasteiger partial charge in [0, 0.05) is 37.2 Å². The highest BCUT2D eigenvalue weighted by Gasteiger charge is 2.20. The monoisotopic (exact) mass is 237 g/mol. The van der Waals surface area contributed by atoms with Gasteiger partial charge in [0.05, 0.1) is 0 Å². The predicted octanol–water partition coefficient (Wildman–Crippen LogP) is 2.98. The molecule has 0 saturated heterocycles. The first-order chi connectivity index (χ1) is 7.91. The first-order valence-electron chi connectivity index (χ1n) is 6.02. The molecule has 1 rings (SSSR count). The number of methoxy groups -OCH3 is 1. The highest BCUT2D eigenvalue weighted by Crippen LogP contribution is 2.26. The summed E-state index contributed by atoms with van der Waals surface area (Å²) in [6, 6.07) is 1.95. The lowest BCUT2D eigenvalue weighted by Gasteiger charge is -2.26. The smallest absolute Gasteiger partial charge is 0.151 e. The summed E-state index contributed by atoms with van der Waals surface area (Å²) in [7, 11) is 1.73. The Morgan fingerprint density at radius 1 is 1.41 bits per heavy atom. The molecule has 1 aromatic heterocycles. The number of ether oxygens (including phenoxy) is 1. The van der Waals surface area contributed by atoms with Crippen molar-refractivity contribution in [2.75, 3.05) is 13.7 Å². The van der Waals surface area contributed by atoms with E-state index in [0.29, 0.717) is 0 Å². The molecule has 0 N–H and O–H groups in total. The van der Waals surface area contributed by atoms with Crippen molar-refractivity contribution >= 4 is 6.29 Å². The lowest BCUT2D eigenvalue weighted by atomic mass is 9.89. The number of carbonyl (C=O) groups excluding carboxylic acids is 1. The summed E-state index contributed by atoms with van der Waals surface area (Å²) in [5.41, 5.74) is 3.17. The minimum Gasteiger partial charge on any atom is -0.385 e. The third kappa shape index (κ3) is 3.43. The van der Waals surface area contributed by atoms with Crippen molar-refractivity contribution < 1.29 is 9.53 Å². The number of hydrogen-bond donors (Lipinski definition) is 0. The molecule has 0 radical (unpaired) electrons. The molecule has 96 valence electrons. The van der Waals surface area contributed by atoms with Crippen LogP contribution in [0.3, 0.4) is 0 Å². The lowest BCUT2D eigenvalue weighted by Crippen LogP contribution is -2.23. The molecule has 0 saturated carbocycles. The molecule has 0 aromatic carbocycles. The summed E-state index contributed by atoms with van der Waals surface area (Å²) in [4.78, 5) is 10.9. The molecule has 1 aromatic rings. The van der Waals surface area contributed by atoms with Crippen LogP contribution in [0.25, 0.3) is 0 Å². The Kier molecular flexibility index (Phi) is 4.52. The van der Waals surface area contributed by atoms with Crippen LogP contribution in [-0.4, -0.2) is 24.6 Å². The number of aromatic nitrogens is 1. The van der Waals surface area contributed by atoms with Gasteiger partial charge in [-0.15, -0.1) is 0 Å². The zero-order valence-corrected chi connectivity index (χ0v) is 11.5. The first kappa shape index (κ1) is 14.0. The SMILES string of the molecule is COCCC(C)(C)Cn1c(C)cc(C=O)c1C. The second-order valence-corrected chi connectivity index (χ2v) is 5.44. The summed E-state index contributed by atoms with van der Waals surface area (Å²) in [6.45, 7) is 10.2. The molecule has 0 bridgehead atoms. The van der Waals surface area contributed by atoms with Crippen LogP contribution in [0.2, 0.25) is 0 Å². The summed E-state index contributed by atoms with van der Waals surface area (Å²) in [5, 5.41) is 0. The third-order valence-corrected chi connectivity index (χ3v) is 3.31. The van der Waals surface area contributed by atoms with Gasteiger partial charge in [-0.1, -0.05) is 13.8 Å². The Bertz CT molecular complexity index is 391. The minimum atomic E-state index is 0.171. The van der Waals surface area contributed by atoms with Crippen LogP contribution < -0.4 is 0 Å². The molecule has 0 aliphatic rings. The van der Waals surface area contributed by atoms with E-state index >= 15 is 0 Å². The second kappa shape index (κ2) is 5.50. The van der Waals surface area contributed by atoms with Crippen molar-refractivity contribution in [2.24, 2.45) is 5.41 Å². The Balaban J connectivity index is 2.87. The largest absolute Gasteiger partial charge is 0.385 e. The molecule has 0 aliphatic heterocycles. The molecule has 0 aliphatic carbocycles. The van der Waals surface area contributed by atoms with E-state index in [-0.39, 0.29) is 5.41 Å². The topological polar surface area (TPSA) is 31.2 Å². The van der Waals surface area contributed by atoms with E-state index in [0.717, 1.165) is 42.8 Å². The number of rotatable bonds is 6. The Labute approximate surface area is 104 Å². The van der Waals surface area contributed by atoms with Gasteiger partial charge in [-0.3, -0.25) is 4.79 Å². The molecular formula is C14H23NO2. The van der Waals surface area contributed by atoms with E-state index in [4.69, 9.17) is 4.74 Å². The van der Waals surface area contributed by atoms with Crippen LogP contribution >= 0.6 is 0 Å². The van der Waals surface area contributed by atoms with Crippen molar-refractivity contribution in [1.29, 1.82) is 0 Å².